The van der Waals surface area contributed by atoms with Crippen molar-refractivity contribution in [2.24, 2.45) is 0 Å². The summed E-state index contributed by atoms with van der Waals surface area (Å²) in [6, 6.07) is 11.2. The van der Waals surface area contributed by atoms with Crippen LogP contribution in [0.3, 0.4) is 0 Å². The molecule has 1 atom stereocenters. The molecular formula is C22H32N4O2. The lowest BCUT2D eigenvalue weighted by Gasteiger charge is -2.20. The molecule has 0 saturated carbocycles. The minimum Gasteiger partial charge on any atom is -0.467 e. The first-order chi connectivity index (χ1) is 13.5. The summed E-state index contributed by atoms with van der Waals surface area (Å²) >= 11 is 0. The Morgan fingerprint density at radius 1 is 1.25 bits per heavy atom. The SMILES string of the molecule is CNCc1cc(C(=O)NCCc2ccc(CN3CCC(N(C)C)C3)cc2)co1. The van der Waals surface area contributed by atoms with Crippen molar-refractivity contribution in [1.82, 2.24) is 20.4 Å². The zero-order chi connectivity index (χ0) is 19.9. The van der Waals surface area contributed by atoms with Gasteiger partial charge in [-0.2, -0.15) is 0 Å². The highest BCUT2D eigenvalue weighted by atomic mass is 16.3. The number of nitrogens with zero attached hydrogens (tertiary/aromatic N) is 2. The van der Waals surface area contributed by atoms with E-state index in [0.29, 0.717) is 24.7 Å². The van der Waals surface area contributed by atoms with E-state index in [1.165, 1.54) is 30.4 Å². The van der Waals surface area contributed by atoms with Gasteiger partial charge in [-0.05, 0) is 51.2 Å². The molecule has 2 N–H and O–H groups in total. The summed E-state index contributed by atoms with van der Waals surface area (Å²) in [6.45, 7) is 4.55. The van der Waals surface area contributed by atoms with Gasteiger partial charge in [-0.15, -0.1) is 0 Å². The first-order valence-corrected chi connectivity index (χ1v) is 10.0. The number of amides is 1. The summed E-state index contributed by atoms with van der Waals surface area (Å²) in [5.41, 5.74) is 3.16. The minimum atomic E-state index is -0.0906. The molecule has 0 aliphatic carbocycles. The predicted octanol–water partition coefficient (Wildman–Crippen LogP) is 2.11. The van der Waals surface area contributed by atoms with Crippen molar-refractivity contribution in [2.75, 3.05) is 40.8 Å². The van der Waals surface area contributed by atoms with Crippen molar-refractivity contribution < 1.29 is 9.21 Å². The fourth-order valence-corrected chi connectivity index (χ4v) is 3.64. The summed E-state index contributed by atoms with van der Waals surface area (Å²) in [4.78, 5) is 17.0. The molecule has 0 radical (unpaired) electrons. The van der Waals surface area contributed by atoms with Crippen LogP contribution in [-0.2, 0) is 19.5 Å². The monoisotopic (exact) mass is 384 g/mol. The van der Waals surface area contributed by atoms with Gasteiger partial charge >= 0.3 is 0 Å². The van der Waals surface area contributed by atoms with Crippen molar-refractivity contribution in [1.29, 1.82) is 0 Å². The fraction of sp³-hybridized carbons (Fsp3) is 0.500. The number of carbonyl (C=O) groups is 1. The Labute approximate surface area is 167 Å². The van der Waals surface area contributed by atoms with E-state index in [2.05, 4.69) is 58.8 Å². The van der Waals surface area contributed by atoms with Gasteiger partial charge in [-0.3, -0.25) is 9.69 Å². The van der Waals surface area contributed by atoms with E-state index < -0.39 is 0 Å². The van der Waals surface area contributed by atoms with Crippen molar-refractivity contribution >= 4 is 5.91 Å². The summed E-state index contributed by atoms with van der Waals surface area (Å²) < 4.78 is 5.35. The van der Waals surface area contributed by atoms with Crippen molar-refractivity contribution in [3.63, 3.8) is 0 Å². The third kappa shape index (κ3) is 5.67. The lowest BCUT2D eigenvalue weighted by atomic mass is 10.1. The summed E-state index contributed by atoms with van der Waals surface area (Å²) in [6.07, 6.45) is 3.58. The molecule has 1 unspecified atom stereocenters. The van der Waals surface area contributed by atoms with Gasteiger partial charge in [0.25, 0.3) is 5.91 Å². The molecule has 1 aromatic carbocycles. The molecule has 0 bridgehead atoms. The van der Waals surface area contributed by atoms with E-state index >= 15 is 0 Å². The van der Waals surface area contributed by atoms with Crippen LogP contribution in [0.25, 0.3) is 0 Å². The molecular weight excluding hydrogens is 352 g/mol. The van der Waals surface area contributed by atoms with Crippen molar-refractivity contribution in [2.45, 2.75) is 32.0 Å². The Kier molecular flexibility index (Phi) is 7.25. The number of nitrogens with one attached hydrogen (secondary N) is 2. The number of carbonyl (C=O) groups excluding carboxylic acids is 1. The zero-order valence-corrected chi connectivity index (χ0v) is 17.2. The van der Waals surface area contributed by atoms with Crippen LogP contribution in [-0.4, -0.2) is 62.5 Å². The highest BCUT2D eigenvalue weighted by Crippen LogP contribution is 2.17. The molecule has 3 rings (SSSR count). The zero-order valence-electron chi connectivity index (χ0n) is 17.2. The summed E-state index contributed by atoms with van der Waals surface area (Å²) in [5.74, 6) is 0.672. The van der Waals surface area contributed by atoms with Crippen LogP contribution in [0.15, 0.2) is 41.0 Å². The third-order valence-electron chi connectivity index (χ3n) is 5.37. The first kappa shape index (κ1) is 20.6. The summed E-state index contributed by atoms with van der Waals surface area (Å²) in [7, 11) is 6.17. The smallest absolute Gasteiger partial charge is 0.254 e. The minimum absolute atomic E-state index is 0.0906. The molecule has 1 saturated heterocycles. The topological polar surface area (TPSA) is 60.8 Å². The number of hydrogen-bond acceptors (Lipinski definition) is 5. The second-order valence-corrected chi connectivity index (χ2v) is 7.80. The molecule has 0 spiro atoms. The van der Waals surface area contributed by atoms with Crippen LogP contribution in [0.2, 0.25) is 0 Å². The molecule has 1 aromatic heterocycles. The van der Waals surface area contributed by atoms with E-state index in [0.717, 1.165) is 25.3 Å². The predicted molar refractivity (Wildman–Crippen MR) is 111 cm³/mol. The molecule has 6 heteroatoms. The lowest BCUT2D eigenvalue weighted by molar-refractivity contribution is 0.0953. The Morgan fingerprint density at radius 3 is 2.68 bits per heavy atom. The van der Waals surface area contributed by atoms with E-state index in [9.17, 15) is 4.79 Å². The van der Waals surface area contributed by atoms with E-state index in [1.807, 2.05) is 7.05 Å². The second kappa shape index (κ2) is 9.87. The first-order valence-electron chi connectivity index (χ1n) is 10.0. The van der Waals surface area contributed by atoms with Crippen molar-refractivity contribution in [3.05, 3.63) is 59.0 Å². The van der Waals surface area contributed by atoms with Crippen LogP contribution in [0.5, 0.6) is 0 Å². The number of likely N-dealkylation sites (N-methyl/N-ethyl adjacent to an activating group) is 1. The molecule has 1 fully saturated rings. The number of hydrogen-bond donors (Lipinski definition) is 2. The fourth-order valence-electron chi connectivity index (χ4n) is 3.64. The number of rotatable bonds is 9. The van der Waals surface area contributed by atoms with Crippen LogP contribution >= 0.6 is 0 Å². The van der Waals surface area contributed by atoms with Crippen LogP contribution in [0.4, 0.5) is 0 Å². The highest BCUT2D eigenvalue weighted by Gasteiger charge is 2.23. The van der Waals surface area contributed by atoms with Crippen molar-refractivity contribution in [3.8, 4) is 0 Å². The third-order valence-corrected chi connectivity index (χ3v) is 5.37. The molecule has 152 valence electrons. The Morgan fingerprint density at radius 2 is 2.00 bits per heavy atom. The van der Waals surface area contributed by atoms with Gasteiger partial charge in [0.15, 0.2) is 0 Å². The highest BCUT2D eigenvalue weighted by molar-refractivity contribution is 5.93. The molecule has 1 aliphatic rings. The number of benzene rings is 1. The van der Waals surface area contributed by atoms with Gasteiger partial charge in [0, 0.05) is 32.2 Å². The van der Waals surface area contributed by atoms with Gasteiger partial charge in [0.1, 0.15) is 12.0 Å². The average molecular weight is 385 g/mol. The standard InChI is InChI=1S/C22H32N4O2/c1-23-13-21-12-19(16-28-21)22(27)24-10-8-17-4-6-18(7-5-17)14-26-11-9-20(15-26)25(2)3/h4-7,12,16,20,23H,8-11,13-15H2,1-3H3,(H,24,27). The maximum atomic E-state index is 12.2. The van der Waals surface area contributed by atoms with E-state index in [1.54, 1.807) is 6.07 Å². The van der Waals surface area contributed by atoms with Crippen LogP contribution in [0, 0.1) is 0 Å². The van der Waals surface area contributed by atoms with Gasteiger partial charge in [0.2, 0.25) is 0 Å². The maximum absolute atomic E-state index is 12.2. The molecule has 6 nitrogen and oxygen atoms in total. The van der Waals surface area contributed by atoms with Gasteiger partial charge < -0.3 is 20.0 Å². The van der Waals surface area contributed by atoms with Gasteiger partial charge in [-0.1, -0.05) is 24.3 Å². The van der Waals surface area contributed by atoms with Crippen LogP contribution < -0.4 is 10.6 Å². The Bertz CT molecular complexity index is 754. The maximum Gasteiger partial charge on any atom is 0.254 e. The van der Waals surface area contributed by atoms with Gasteiger partial charge in [-0.25, -0.2) is 0 Å². The molecule has 2 aromatic rings. The Hall–Kier alpha value is -2.15. The normalized spacial score (nSPS) is 17.4. The van der Waals surface area contributed by atoms with Gasteiger partial charge in [0.05, 0.1) is 12.1 Å². The lowest BCUT2D eigenvalue weighted by Crippen LogP contribution is -2.31. The van der Waals surface area contributed by atoms with Crippen LogP contribution in [0.1, 0.15) is 33.7 Å². The Balaban J connectivity index is 1.41. The molecule has 28 heavy (non-hydrogen) atoms. The molecule has 1 aliphatic heterocycles. The largest absolute Gasteiger partial charge is 0.467 e. The van der Waals surface area contributed by atoms with E-state index in [4.69, 9.17) is 4.42 Å². The number of likely N-dealkylation sites (tertiary alicyclic amines) is 1. The average Bonchev–Trinajstić information content (AvgIpc) is 3.33. The number of furan rings is 1. The molecule has 1 amide bonds. The summed E-state index contributed by atoms with van der Waals surface area (Å²) in [5, 5.41) is 5.96. The van der Waals surface area contributed by atoms with E-state index in [-0.39, 0.29) is 5.91 Å². The quantitative estimate of drug-likeness (QED) is 0.693. The second-order valence-electron chi connectivity index (χ2n) is 7.80. The molecule has 2 heterocycles.